The Morgan fingerprint density at radius 2 is 2.04 bits per heavy atom. The number of nitrogens with one attached hydrogen (secondary N) is 1. The van der Waals surface area contributed by atoms with Crippen molar-refractivity contribution in [1.29, 1.82) is 0 Å². The molecule has 6 heteroatoms. The predicted octanol–water partition coefficient (Wildman–Crippen LogP) is 2.48. The highest BCUT2D eigenvalue weighted by atomic mass is 79.9. The molecule has 1 aliphatic carbocycles. The Hall–Kier alpha value is -1.14. The number of aromatic nitrogens is 1. The number of pyridine rings is 1. The summed E-state index contributed by atoms with van der Waals surface area (Å²) in [5.74, 6) is 1.13. The summed E-state index contributed by atoms with van der Waals surface area (Å²) < 4.78 is 0.965. The van der Waals surface area contributed by atoms with Crippen LogP contribution in [0.25, 0.3) is 0 Å². The van der Waals surface area contributed by atoms with E-state index in [9.17, 15) is 9.90 Å². The highest BCUT2D eigenvalue weighted by Gasteiger charge is 2.29. The van der Waals surface area contributed by atoms with Crippen LogP contribution in [0, 0.1) is 5.92 Å². The lowest BCUT2D eigenvalue weighted by atomic mass is 9.91. The summed E-state index contributed by atoms with van der Waals surface area (Å²) in [6, 6.07) is 4.21. The van der Waals surface area contributed by atoms with Gasteiger partial charge in [0.05, 0.1) is 12.0 Å². The minimum Gasteiger partial charge on any atom is -0.393 e. The van der Waals surface area contributed by atoms with E-state index in [2.05, 4.69) is 31.1 Å². The van der Waals surface area contributed by atoms with Gasteiger partial charge in [-0.05, 0) is 66.6 Å². The molecule has 5 nitrogen and oxygen atoms in total. The molecule has 1 aromatic heterocycles. The van der Waals surface area contributed by atoms with Gasteiger partial charge in [0.1, 0.15) is 5.82 Å². The first-order chi connectivity index (χ1) is 11.1. The van der Waals surface area contributed by atoms with Crippen LogP contribution in [0.5, 0.6) is 0 Å². The van der Waals surface area contributed by atoms with Crippen molar-refractivity contribution < 1.29 is 9.90 Å². The van der Waals surface area contributed by atoms with Crippen LogP contribution in [0.1, 0.15) is 38.5 Å². The molecule has 23 heavy (non-hydrogen) atoms. The lowest BCUT2D eigenvalue weighted by Crippen LogP contribution is -2.47. The van der Waals surface area contributed by atoms with Gasteiger partial charge in [-0.15, -0.1) is 0 Å². The molecule has 1 aromatic rings. The zero-order valence-electron chi connectivity index (χ0n) is 13.2. The molecule has 3 rings (SSSR count). The molecule has 2 N–H and O–H groups in total. The van der Waals surface area contributed by atoms with Crippen LogP contribution in [-0.2, 0) is 4.79 Å². The van der Waals surface area contributed by atoms with Gasteiger partial charge in [0.15, 0.2) is 0 Å². The number of aliphatic hydroxyl groups excluding tert-OH is 1. The predicted molar refractivity (Wildman–Crippen MR) is 93.3 cm³/mol. The highest BCUT2D eigenvalue weighted by Crippen LogP contribution is 2.24. The summed E-state index contributed by atoms with van der Waals surface area (Å²) in [5, 5.41) is 12.7. The summed E-state index contributed by atoms with van der Waals surface area (Å²) in [6.07, 6.45) is 6.93. The molecule has 0 unspecified atom stereocenters. The molecule has 0 radical (unpaired) electrons. The van der Waals surface area contributed by atoms with Crippen LogP contribution >= 0.6 is 15.9 Å². The maximum atomic E-state index is 12.6. The minimum atomic E-state index is -0.184. The van der Waals surface area contributed by atoms with E-state index in [0.29, 0.717) is 0 Å². The number of hydrogen-bond acceptors (Lipinski definition) is 4. The van der Waals surface area contributed by atoms with Crippen LogP contribution < -0.4 is 10.2 Å². The lowest BCUT2D eigenvalue weighted by Gasteiger charge is -2.34. The Bertz CT molecular complexity index is 529. The molecule has 1 atom stereocenters. The maximum absolute atomic E-state index is 12.6. The van der Waals surface area contributed by atoms with Gasteiger partial charge in [-0.3, -0.25) is 4.79 Å². The Balaban J connectivity index is 1.55. The third-order valence-electron chi connectivity index (χ3n) is 4.87. The normalized spacial score (nSPS) is 28.4. The third kappa shape index (κ3) is 4.44. The van der Waals surface area contributed by atoms with Crippen molar-refractivity contribution in [3.05, 3.63) is 22.8 Å². The molecular weight excluding hydrogens is 358 g/mol. The molecule has 0 aromatic carbocycles. The van der Waals surface area contributed by atoms with E-state index in [0.717, 1.165) is 61.9 Å². The minimum absolute atomic E-state index is 0.0287. The first-order valence-electron chi connectivity index (χ1n) is 8.47. The van der Waals surface area contributed by atoms with Gasteiger partial charge in [-0.2, -0.15) is 0 Å². The van der Waals surface area contributed by atoms with E-state index in [1.165, 1.54) is 0 Å². The summed E-state index contributed by atoms with van der Waals surface area (Å²) in [6.45, 7) is 1.68. The number of piperidine rings is 1. The number of halogens is 1. The summed E-state index contributed by atoms with van der Waals surface area (Å²) in [5.41, 5.74) is 0. The number of aliphatic hydroxyl groups is 1. The number of hydrogen-bond donors (Lipinski definition) is 2. The second-order valence-corrected chi connectivity index (χ2v) is 7.55. The van der Waals surface area contributed by atoms with Crippen LogP contribution in [-0.4, -0.2) is 41.2 Å². The fourth-order valence-electron chi connectivity index (χ4n) is 3.49. The van der Waals surface area contributed by atoms with Crippen LogP contribution in [0.3, 0.4) is 0 Å². The number of amides is 1. The molecule has 1 saturated heterocycles. The third-order valence-corrected chi connectivity index (χ3v) is 5.34. The van der Waals surface area contributed by atoms with E-state index in [4.69, 9.17) is 0 Å². The van der Waals surface area contributed by atoms with Crippen molar-refractivity contribution in [3.63, 3.8) is 0 Å². The van der Waals surface area contributed by atoms with Gasteiger partial charge in [0.25, 0.3) is 0 Å². The largest absolute Gasteiger partial charge is 0.393 e. The van der Waals surface area contributed by atoms with E-state index < -0.39 is 0 Å². The number of carbonyl (C=O) groups is 1. The number of carbonyl (C=O) groups excluding carboxylic acids is 1. The second kappa shape index (κ2) is 7.62. The first kappa shape index (κ1) is 16.7. The molecule has 0 spiro atoms. The van der Waals surface area contributed by atoms with Crippen molar-refractivity contribution in [1.82, 2.24) is 10.3 Å². The quantitative estimate of drug-likeness (QED) is 0.843. The van der Waals surface area contributed by atoms with E-state index in [-0.39, 0.29) is 24.0 Å². The van der Waals surface area contributed by atoms with Crippen molar-refractivity contribution >= 4 is 27.7 Å². The van der Waals surface area contributed by atoms with Crippen molar-refractivity contribution in [2.24, 2.45) is 5.92 Å². The van der Waals surface area contributed by atoms with Crippen LogP contribution in [0.15, 0.2) is 22.8 Å². The molecule has 2 aliphatic rings. The van der Waals surface area contributed by atoms with Crippen molar-refractivity contribution in [2.45, 2.75) is 50.7 Å². The summed E-state index contributed by atoms with van der Waals surface area (Å²) in [7, 11) is 0. The average molecular weight is 382 g/mol. The Labute approximate surface area is 145 Å². The van der Waals surface area contributed by atoms with Crippen LogP contribution in [0.4, 0.5) is 5.82 Å². The Kier molecular flexibility index (Phi) is 5.54. The van der Waals surface area contributed by atoms with E-state index in [1.807, 2.05) is 12.1 Å². The SMILES string of the molecule is O=C(NC1CCC(O)CC1)[C@H]1CCCN(c2ccc(Br)cn2)C1. The monoisotopic (exact) mass is 381 g/mol. The molecule has 1 saturated carbocycles. The topological polar surface area (TPSA) is 65.5 Å². The first-order valence-corrected chi connectivity index (χ1v) is 9.26. The number of rotatable bonds is 3. The molecule has 2 fully saturated rings. The van der Waals surface area contributed by atoms with E-state index >= 15 is 0 Å². The fraction of sp³-hybridized carbons (Fsp3) is 0.647. The van der Waals surface area contributed by atoms with Gasteiger partial charge in [0, 0.05) is 29.8 Å². The molecule has 0 bridgehead atoms. The fourth-order valence-corrected chi connectivity index (χ4v) is 3.73. The Morgan fingerprint density at radius 3 is 2.74 bits per heavy atom. The summed E-state index contributed by atoms with van der Waals surface area (Å²) >= 11 is 3.40. The van der Waals surface area contributed by atoms with Gasteiger partial charge >= 0.3 is 0 Å². The van der Waals surface area contributed by atoms with Gasteiger partial charge in [0.2, 0.25) is 5.91 Å². The molecular formula is C17H24BrN3O2. The van der Waals surface area contributed by atoms with Crippen LogP contribution in [0.2, 0.25) is 0 Å². The number of anilines is 1. The van der Waals surface area contributed by atoms with Crippen molar-refractivity contribution in [3.8, 4) is 0 Å². The van der Waals surface area contributed by atoms with Gasteiger partial charge in [-0.25, -0.2) is 4.98 Å². The standard InChI is InChI=1S/C17H24BrN3O2/c18-13-3-8-16(19-10-13)21-9-1-2-12(11-21)17(23)20-14-4-6-15(22)7-5-14/h3,8,10,12,14-15,22H,1-2,4-7,9,11H2,(H,20,23)/t12-,14?,15?/m0/s1. The van der Waals surface area contributed by atoms with Gasteiger partial charge in [-0.1, -0.05) is 0 Å². The highest BCUT2D eigenvalue weighted by molar-refractivity contribution is 9.10. The second-order valence-electron chi connectivity index (χ2n) is 6.63. The molecule has 2 heterocycles. The van der Waals surface area contributed by atoms with Crippen molar-refractivity contribution in [2.75, 3.05) is 18.0 Å². The maximum Gasteiger partial charge on any atom is 0.225 e. The average Bonchev–Trinajstić information content (AvgIpc) is 2.58. The Morgan fingerprint density at radius 1 is 1.26 bits per heavy atom. The molecule has 1 aliphatic heterocycles. The lowest BCUT2D eigenvalue weighted by molar-refractivity contribution is -0.126. The molecule has 126 valence electrons. The number of nitrogens with zero attached hydrogens (tertiary/aromatic N) is 2. The zero-order chi connectivity index (χ0) is 16.2. The smallest absolute Gasteiger partial charge is 0.225 e. The van der Waals surface area contributed by atoms with E-state index in [1.54, 1.807) is 6.20 Å². The molecule has 1 amide bonds. The summed E-state index contributed by atoms with van der Waals surface area (Å²) in [4.78, 5) is 19.2. The zero-order valence-corrected chi connectivity index (χ0v) is 14.8. The van der Waals surface area contributed by atoms with Gasteiger partial charge < -0.3 is 15.3 Å².